The Hall–Kier alpha value is -3.95. The molecule has 1 aromatic heterocycles. The molecule has 2 aromatic carbocycles. The molecule has 2 amide bonds. The fourth-order valence-corrected chi connectivity index (χ4v) is 2.58. The summed E-state index contributed by atoms with van der Waals surface area (Å²) in [5, 5.41) is 4.56. The molecule has 0 atom stereocenters. The zero-order valence-electron chi connectivity index (χ0n) is 16.7. The molecule has 0 unspecified atom stereocenters. The van der Waals surface area contributed by atoms with Crippen LogP contribution in [0.3, 0.4) is 0 Å². The third-order valence-electron chi connectivity index (χ3n) is 4.29. The van der Waals surface area contributed by atoms with Crippen molar-refractivity contribution in [1.82, 2.24) is 15.3 Å². The first-order valence-electron chi connectivity index (χ1n) is 9.16. The van der Waals surface area contributed by atoms with Gasteiger partial charge in [-0.25, -0.2) is 23.5 Å². The van der Waals surface area contributed by atoms with Crippen molar-refractivity contribution in [1.29, 1.82) is 0 Å². The number of carbonyl (C=O) groups is 3. The Bertz CT molecular complexity index is 1180. The number of anilines is 1. The van der Waals surface area contributed by atoms with Gasteiger partial charge in [-0.3, -0.25) is 9.59 Å². The van der Waals surface area contributed by atoms with Gasteiger partial charge in [-0.15, -0.1) is 0 Å². The predicted octanol–water partition coefficient (Wildman–Crippen LogP) is 2.44. The first kappa shape index (κ1) is 21.8. The fourth-order valence-electron chi connectivity index (χ4n) is 2.58. The smallest absolute Gasteiger partial charge is 0.338 e. The number of hydrogen-bond acceptors (Lipinski definition) is 6. The van der Waals surface area contributed by atoms with Crippen LogP contribution >= 0.6 is 0 Å². The van der Waals surface area contributed by atoms with Gasteiger partial charge >= 0.3 is 5.97 Å². The number of nitrogens with one attached hydrogen (secondary N) is 2. The number of ether oxygens (including phenoxy) is 1. The van der Waals surface area contributed by atoms with Gasteiger partial charge in [0.1, 0.15) is 0 Å². The molecule has 0 aliphatic carbocycles. The molecule has 0 saturated carbocycles. The number of hydrogen-bond donors (Lipinski definition) is 2. The maximum absolute atomic E-state index is 13.1. The lowest BCUT2D eigenvalue weighted by molar-refractivity contribution is -0.126. The molecule has 160 valence electrons. The SMILES string of the molecule is Cc1nc2ccc(C(=O)OCC(=O)NCC(=O)Nc3ccc(F)c(F)c3)cc2nc1C. The first-order valence-corrected chi connectivity index (χ1v) is 9.16. The number of aromatic nitrogens is 2. The van der Waals surface area contributed by atoms with E-state index < -0.39 is 42.6 Å². The highest BCUT2D eigenvalue weighted by Gasteiger charge is 2.13. The molecular formula is C21H18F2N4O4. The summed E-state index contributed by atoms with van der Waals surface area (Å²) in [6.07, 6.45) is 0. The van der Waals surface area contributed by atoms with Crippen molar-refractivity contribution in [2.45, 2.75) is 13.8 Å². The Morgan fingerprint density at radius 2 is 1.61 bits per heavy atom. The third-order valence-corrected chi connectivity index (χ3v) is 4.29. The maximum Gasteiger partial charge on any atom is 0.338 e. The van der Waals surface area contributed by atoms with Crippen molar-refractivity contribution in [3.8, 4) is 0 Å². The van der Waals surface area contributed by atoms with E-state index >= 15 is 0 Å². The summed E-state index contributed by atoms with van der Waals surface area (Å²) in [6, 6.07) is 7.52. The van der Waals surface area contributed by atoms with Crippen LogP contribution in [0, 0.1) is 25.5 Å². The number of rotatable bonds is 6. The van der Waals surface area contributed by atoms with Gasteiger partial charge in [0.05, 0.1) is 34.5 Å². The van der Waals surface area contributed by atoms with E-state index in [0.29, 0.717) is 11.0 Å². The van der Waals surface area contributed by atoms with Crippen molar-refractivity contribution in [3.63, 3.8) is 0 Å². The van der Waals surface area contributed by atoms with Crippen molar-refractivity contribution in [3.05, 3.63) is 65.0 Å². The highest BCUT2D eigenvalue weighted by molar-refractivity contribution is 5.96. The summed E-state index contributed by atoms with van der Waals surface area (Å²) in [7, 11) is 0. The van der Waals surface area contributed by atoms with E-state index in [2.05, 4.69) is 20.6 Å². The second-order valence-electron chi connectivity index (χ2n) is 6.63. The number of amides is 2. The second kappa shape index (κ2) is 9.24. The number of benzene rings is 2. The van der Waals surface area contributed by atoms with Crippen LogP contribution in [-0.2, 0) is 14.3 Å². The molecule has 0 fully saturated rings. The summed E-state index contributed by atoms with van der Waals surface area (Å²) in [5.41, 5.74) is 2.91. The highest BCUT2D eigenvalue weighted by atomic mass is 19.2. The maximum atomic E-state index is 13.1. The van der Waals surface area contributed by atoms with Gasteiger partial charge in [0.25, 0.3) is 5.91 Å². The summed E-state index contributed by atoms with van der Waals surface area (Å²) in [5.74, 6) is -4.26. The third kappa shape index (κ3) is 5.56. The first-order chi connectivity index (χ1) is 14.7. The van der Waals surface area contributed by atoms with E-state index in [4.69, 9.17) is 4.74 Å². The largest absolute Gasteiger partial charge is 0.452 e. The van der Waals surface area contributed by atoms with Crippen LogP contribution in [-0.4, -0.2) is 40.9 Å². The van der Waals surface area contributed by atoms with Crippen LogP contribution in [0.4, 0.5) is 14.5 Å². The fraction of sp³-hybridized carbons (Fsp3) is 0.190. The molecule has 0 spiro atoms. The van der Waals surface area contributed by atoms with Crippen LogP contribution in [0.2, 0.25) is 0 Å². The Kier molecular flexibility index (Phi) is 6.49. The van der Waals surface area contributed by atoms with Gasteiger partial charge in [-0.1, -0.05) is 0 Å². The van der Waals surface area contributed by atoms with Crippen molar-refractivity contribution in [2.75, 3.05) is 18.5 Å². The second-order valence-corrected chi connectivity index (χ2v) is 6.63. The van der Waals surface area contributed by atoms with E-state index in [1.165, 1.54) is 18.2 Å². The van der Waals surface area contributed by atoms with Gasteiger partial charge in [0.15, 0.2) is 18.2 Å². The molecule has 0 saturated heterocycles. The van der Waals surface area contributed by atoms with Crippen LogP contribution in [0.15, 0.2) is 36.4 Å². The van der Waals surface area contributed by atoms with Gasteiger partial charge in [0.2, 0.25) is 5.91 Å². The number of carbonyl (C=O) groups excluding carboxylic acids is 3. The standard InChI is InChI=1S/C21H18F2N4O4/c1-11-12(2)26-18-7-13(3-6-17(18)25-11)21(30)31-10-20(29)24-9-19(28)27-14-4-5-15(22)16(23)8-14/h3-8H,9-10H2,1-2H3,(H,24,29)(H,27,28). The Labute approximate surface area is 175 Å². The van der Waals surface area contributed by atoms with Gasteiger partial charge in [0, 0.05) is 11.8 Å². The number of aryl methyl sites for hydroxylation is 2. The zero-order valence-corrected chi connectivity index (χ0v) is 16.7. The van der Waals surface area contributed by atoms with E-state index in [-0.39, 0.29) is 11.3 Å². The summed E-state index contributed by atoms with van der Waals surface area (Å²) < 4.78 is 31.0. The molecule has 8 nitrogen and oxygen atoms in total. The number of halogens is 2. The highest BCUT2D eigenvalue weighted by Crippen LogP contribution is 2.15. The van der Waals surface area contributed by atoms with Crippen molar-refractivity contribution < 1.29 is 27.9 Å². The molecule has 0 radical (unpaired) electrons. The lowest BCUT2D eigenvalue weighted by Crippen LogP contribution is -2.35. The zero-order chi connectivity index (χ0) is 22.5. The van der Waals surface area contributed by atoms with Crippen LogP contribution in [0.5, 0.6) is 0 Å². The van der Waals surface area contributed by atoms with E-state index in [9.17, 15) is 23.2 Å². The minimum absolute atomic E-state index is 0.0365. The summed E-state index contributed by atoms with van der Waals surface area (Å²) in [6.45, 7) is 2.59. The lowest BCUT2D eigenvalue weighted by atomic mass is 10.2. The normalized spacial score (nSPS) is 10.6. The summed E-state index contributed by atoms with van der Waals surface area (Å²) in [4.78, 5) is 44.5. The van der Waals surface area contributed by atoms with Crippen LogP contribution in [0.25, 0.3) is 11.0 Å². The number of nitrogens with zero attached hydrogens (tertiary/aromatic N) is 2. The van der Waals surface area contributed by atoms with Gasteiger partial charge in [-0.2, -0.15) is 0 Å². The van der Waals surface area contributed by atoms with Crippen molar-refractivity contribution >= 4 is 34.5 Å². The minimum Gasteiger partial charge on any atom is -0.452 e. The molecule has 0 bridgehead atoms. The molecule has 0 aliphatic rings. The Morgan fingerprint density at radius 3 is 2.32 bits per heavy atom. The lowest BCUT2D eigenvalue weighted by Gasteiger charge is -2.08. The molecule has 10 heteroatoms. The van der Waals surface area contributed by atoms with Crippen molar-refractivity contribution in [2.24, 2.45) is 0 Å². The average molecular weight is 428 g/mol. The van der Waals surface area contributed by atoms with Crippen LogP contribution in [0.1, 0.15) is 21.7 Å². The molecule has 1 heterocycles. The molecule has 3 rings (SSSR count). The van der Waals surface area contributed by atoms with Gasteiger partial charge in [-0.05, 0) is 44.2 Å². The predicted molar refractivity (Wildman–Crippen MR) is 107 cm³/mol. The topological polar surface area (TPSA) is 110 Å². The molecule has 31 heavy (non-hydrogen) atoms. The Morgan fingerprint density at radius 1 is 0.903 bits per heavy atom. The van der Waals surface area contributed by atoms with E-state index in [1.54, 1.807) is 13.0 Å². The van der Waals surface area contributed by atoms with E-state index in [1.807, 2.05) is 6.92 Å². The monoisotopic (exact) mass is 428 g/mol. The molecule has 0 aliphatic heterocycles. The quantitative estimate of drug-likeness (QED) is 0.584. The number of esters is 1. The minimum atomic E-state index is -1.11. The molecule has 3 aromatic rings. The van der Waals surface area contributed by atoms with Crippen LogP contribution < -0.4 is 10.6 Å². The molecular weight excluding hydrogens is 410 g/mol. The number of fused-ring (bicyclic) bond motifs is 1. The Balaban J connectivity index is 1.49. The molecule has 2 N–H and O–H groups in total. The summed E-state index contributed by atoms with van der Waals surface area (Å²) >= 11 is 0. The average Bonchev–Trinajstić information content (AvgIpc) is 2.73. The van der Waals surface area contributed by atoms with Gasteiger partial charge < -0.3 is 15.4 Å². The van der Waals surface area contributed by atoms with E-state index in [0.717, 1.165) is 23.5 Å².